The minimum Gasteiger partial charge on any atom is -0.303 e. The Bertz CT molecular complexity index is 469. The lowest BCUT2D eigenvalue weighted by molar-refractivity contribution is 0.254. The Kier molecular flexibility index (Phi) is 37.4. The van der Waals surface area contributed by atoms with Crippen LogP contribution in [0, 0.1) is 11.8 Å². The van der Waals surface area contributed by atoms with Crippen LogP contribution < -0.4 is 0 Å². The van der Waals surface area contributed by atoms with E-state index in [9.17, 15) is 0 Å². The van der Waals surface area contributed by atoms with Gasteiger partial charge in [-0.15, -0.1) is 0 Å². The van der Waals surface area contributed by atoms with Crippen LogP contribution in [0.4, 0.5) is 0 Å². The van der Waals surface area contributed by atoms with Gasteiger partial charge in [0.05, 0.1) is 0 Å². The molecule has 0 aromatic carbocycles. The van der Waals surface area contributed by atoms with Gasteiger partial charge in [-0.3, -0.25) is 0 Å². The van der Waals surface area contributed by atoms with Gasteiger partial charge in [0.25, 0.3) is 0 Å². The largest absolute Gasteiger partial charge is 0.303 e. The van der Waals surface area contributed by atoms with Gasteiger partial charge in [0.1, 0.15) is 0 Å². The highest BCUT2D eigenvalue weighted by atomic mass is 15.1. The molecule has 0 aromatic rings. The number of nitrogens with zero attached hydrogens (tertiary/aromatic N) is 1. The smallest absolute Gasteiger partial charge is 0.00187 e. The van der Waals surface area contributed by atoms with Crippen molar-refractivity contribution < 1.29 is 0 Å². The molecule has 1 nitrogen and oxygen atoms in total. The molecule has 0 saturated heterocycles. The summed E-state index contributed by atoms with van der Waals surface area (Å²) in [7, 11) is 0. The normalized spacial score (nSPS) is 12.0. The summed E-state index contributed by atoms with van der Waals surface area (Å²) < 4.78 is 0. The third kappa shape index (κ3) is 38.1. The van der Waals surface area contributed by atoms with Crippen LogP contribution in [0.1, 0.15) is 247 Å². The van der Waals surface area contributed by atoms with E-state index in [0.717, 1.165) is 11.8 Å². The quantitative estimate of drug-likeness (QED) is 0.0621. The Morgan fingerprint density at radius 3 is 0.705 bits per heavy atom. The van der Waals surface area contributed by atoms with Crippen LogP contribution in [0.5, 0.6) is 0 Å². The molecule has 44 heavy (non-hydrogen) atoms. The average Bonchev–Trinajstić information content (AvgIpc) is 3.00. The van der Waals surface area contributed by atoms with E-state index >= 15 is 0 Å². The number of hydrogen-bond donors (Lipinski definition) is 0. The molecule has 0 aliphatic rings. The van der Waals surface area contributed by atoms with E-state index in [1.165, 1.54) is 232 Å². The Hall–Kier alpha value is -0.0400. The molecule has 0 rings (SSSR count). The third-order valence-electron chi connectivity index (χ3n) is 10.1. The van der Waals surface area contributed by atoms with Crippen molar-refractivity contribution in [3.05, 3.63) is 0 Å². The molecule has 0 unspecified atom stereocenters. The van der Waals surface area contributed by atoms with Crippen LogP contribution >= 0.6 is 0 Å². The highest BCUT2D eigenvalue weighted by Crippen LogP contribution is 2.16. The van der Waals surface area contributed by atoms with Crippen LogP contribution in [-0.2, 0) is 0 Å². The van der Waals surface area contributed by atoms with Gasteiger partial charge in [-0.1, -0.05) is 227 Å². The fourth-order valence-electron chi connectivity index (χ4n) is 6.94. The summed E-state index contributed by atoms with van der Waals surface area (Å²) in [4.78, 5) is 2.86. The van der Waals surface area contributed by atoms with Crippen molar-refractivity contribution in [3.8, 4) is 0 Å². The molecule has 1 heteroatoms. The molecule has 0 atom stereocenters. The minimum absolute atomic E-state index is 0.886. The number of hydrogen-bond acceptors (Lipinski definition) is 1. The van der Waals surface area contributed by atoms with Crippen LogP contribution in [0.2, 0.25) is 0 Å². The zero-order chi connectivity index (χ0) is 32.2. The summed E-state index contributed by atoms with van der Waals surface area (Å²) >= 11 is 0. The molecule has 0 bridgehead atoms. The highest BCUT2D eigenvalue weighted by Gasteiger charge is 2.05. The molecular formula is C43H89N. The van der Waals surface area contributed by atoms with Gasteiger partial charge in [-0.2, -0.15) is 0 Å². The summed E-state index contributed by atoms with van der Waals surface area (Å²) in [6.07, 6.45) is 48.2. The minimum atomic E-state index is 0.886. The van der Waals surface area contributed by atoms with Crippen molar-refractivity contribution in [1.82, 2.24) is 4.90 Å². The molecule has 0 saturated carbocycles. The van der Waals surface area contributed by atoms with Crippen molar-refractivity contribution in [2.75, 3.05) is 19.6 Å². The second-order valence-corrected chi connectivity index (χ2v) is 15.8. The molecule has 0 aromatic heterocycles. The second-order valence-electron chi connectivity index (χ2n) is 15.8. The van der Waals surface area contributed by atoms with Crippen LogP contribution in [0.25, 0.3) is 0 Å². The number of rotatable bonds is 38. The van der Waals surface area contributed by atoms with Crippen molar-refractivity contribution in [2.45, 2.75) is 247 Å². The monoisotopic (exact) mass is 620 g/mol. The zero-order valence-electron chi connectivity index (χ0n) is 32.1. The lowest BCUT2D eigenvalue weighted by atomic mass is 10.0. The summed E-state index contributed by atoms with van der Waals surface area (Å²) in [5, 5.41) is 0. The van der Waals surface area contributed by atoms with E-state index in [1.54, 1.807) is 0 Å². The van der Waals surface area contributed by atoms with Crippen molar-refractivity contribution in [2.24, 2.45) is 11.8 Å². The van der Waals surface area contributed by atoms with Crippen LogP contribution in [0.3, 0.4) is 0 Å². The fourth-order valence-corrected chi connectivity index (χ4v) is 6.94. The molecule has 266 valence electrons. The Morgan fingerprint density at radius 1 is 0.273 bits per heavy atom. The highest BCUT2D eigenvalue weighted by molar-refractivity contribution is 4.61. The predicted octanol–water partition coefficient (Wildman–Crippen LogP) is 15.5. The van der Waals surface area contributed by atoms with Gasteiger partial charge in [0.2, 0.25) is 0 Å². The van der Waals surface area contributed by atoms with E-state index in [0.29, 0.717) is 0 Å². The Labute approximate surface area is 282 Å². The van der Waals surface area contributed by atoms with E-state index in [2.05, 4.69) is 39.5 Å². The third-order valence-corrected chi connectivity index (χ3v) is 10.1. The molecule has 0 spiro atoms. The Morgan fingerprint density at radius 2 is 0.477 bits per heavy atom. The lowest BCUT2D eigenvalue weighted by Crippen LogP contribution is -2.27. The van der Waals surface area contributed by atoms with Crippen LogP contribution in [0.15, 0.2) is 0 Å². The first-order valence-electron chi connectivity index (χ1n) is 21.3. The van der Waals surface area contributed by atoms with Crippen molar-refractivity contribution >= 4 is 0 Å². The maximum absolute atomic E-state index is 2.86. The Balaban J connectivity index is 3.90. The van der Waals surface area contributed by atoms with Crippen molar-refractivity contribution in [1.29, 1.82) is 0 Å². The molecule has 0 aliphatic heterocycles. The standard InChI is InChI=1S/C43H89N/c1-6-7-8-9-10-11-12-13-14-15-16-19-24-29-34-39-44(40-35-30-25-20-17-22-27-32-37-42(2)3)41-36-31-26-21-18-23-28-33-38-43(4)5/h42-43H,6-41H2,1-5H3. The molecular weight excluding hydrogens is 530 g/mol. The molecule has 0 radical (unpaired) electrons. The SMILES string of the molecule is CCCCCCCCCCCCCCCCCN(CCCCCCCCCCC(C)C)CCCCCCCCCCC(C)C. The summed E-state index contributed by atoms with van der Waals surface area (Å²) in [6, 6.07) is 0. The molecule has 0 fully saturated rings. The summed E-state index contributed by atoms with van der Waals surface area (Å²) in [6.45, 7) is 15.9. The van der Waals surface area contributed by atoms with E-state index in [4.69, 9.17) is 0 Å². The summed E-state index contributed by atoms with van der Waals surface area (Å²) in [5.74, 6) is 1.77. The van der Waals surface area contributed by atoms with Gasteiger partial charge in [0.15, 0.2) is 0 Å². The molecule has 0 aliphatic carbocycles. The van der Waals surface area contributed by atoms with Gasteiger partial charge >= 0.3 is 0 Å². The van der Waals surface area contributed by atoms with Gasteiger partial charge in [-0.05, 0) is 50.7 Å². The van der Waals surface area contributed by atoms with Gasteiger partial charge < -0.3 is 4.90 Å². The van der Waals surface area contributed by atoms with Crippen molar-refractivity contribution in [3.63, 3.8) is 0 Å². The first-order chi connectivity index (χ1) is 21.6. The lowest BCUT2D eigenvalue weighted by Gasteiger charge is -2.22. The number of unbranched alkanes of at least 4 members (excludes halogenated alkanes) is 28. The first kappa shape index (κ1) is 44.0. The first-order valence-corrected chi connectivity index (χ1v) is 21.3. The van der Waals surface area contributed by atoms with E-state index in [-0.39, 0.29) is 0 Å². The average molecular weight is 620 g/mol. The molecule has 0 N–H and O–H groups in total. The fraction of sp³-hybridized carbons (Fsp3) is 1.00. The molecule has 0 heterocycles. The predicted molar refractivity (Wildman–Crippen MR) is 204 cm³/mol. The van der Waals surface area contributed by atoms with Gasteiger partial charge in [0, 0.05) is 0 Å². The van der Waals surface area contributed by atoms with Crippen LogP contribution in [-0.4, -0.2) is 24.5 Å². The second kappa shape index (κ2) is 37.4. The maximum Gasteiger partial charge on any atom is -0.00187 e. The van der Waals surface area contributed by atoms with E-state index in [1.807, 2.05) is 0 Å². The zero-order valence-corrected chi connectivity index (χ0v) is 32.1. The maximum atomic E-state index is 2.86. The summed E-state index contributed by atoms with van der Waals surface area (Å²) in [5.41, 5.74) is 0. The topological polar surface area (TPSA) is 3.24 Å². The molecule has 0 amide bonds. The van der Waals surface area contributed by atoms with Gasteiger partial charge in [-0.25, -0.2) is 0 Å². The van der Waals surface area contributed by atoms with E-state index < -0.39 is 0 Å².